The fourth-order valence-electron chi connectivity index (χ4n) is 5.60. The highest BCUT2D eigenvalue weighted by Gasteiger charge is 2.85. The quantitative estimate of drug-likeness (QED) is 0.454. The summed E-state index contributed by atoms with van der Waals surface area (Å²) in [5, 5.41) is 10.9. The Morgan fingerprint density at radius 1 is 1.35 bits per heavy atom. The first-order valence-corrected chi connectivity index (χ1v) is 9.13. The smallest absolute Gasteiger partial charge is 0.303 e. The van der Waals surface area contributed by atoms with Crippen molar-refractivity contribution in [3.63, 3.8) is 0 Å². The molecule has 0 aromatic carbocycles. The predicted octanol–water partition coefficient (Wildman–Crippen LogP) is 1.12. The van der Waals surface area contributed by atoms with E-state index in [2.05, 4.69) is 6.08 Å². The Morgan fingerprint density at radius 2 is 2.04 bits per heavy atom. The second-order valence-electron chi connectivity index (χ2n) is 8.33. The largest absolute Gasteiger partial charge is 0.465 e. The Bertz CT molecular complexity index is 681. The lowest BCUT2D eigenvalue weighted by Gasteiger charge is -2.58. The molecule has 4 aliphatic rings. The van der Waals surface area contributed by atoms with E-state index in [0.717, 1.165) is 6.42 Å². The Morgan fingerprint density at radius 3 is 2.62 bits per heavy atom. The van der Waals surface area contributed by atoms with E-state index in [1.807, 2.05) is 13.8 Å². The van der Waals surface area contributed by atoms with Crippen LogP contribution >= 0.6 is 0 Å². The summed E-state index contributed by atoms with van der Waals surface area (Å²) in [6, 6.07) is 0. The first-order valence-electron chi connectivity index (χ1n) is 9.13. The van der Waals surface area contributed by atoms with Gasteiger partial charge in [0.05, 0.1) is 18.1 Å². The van der Waals surface area contributed by atoms with Crippen LogP contribution in [0.5, 0.6) is 0 Å². The van der Waals surface area contributed by atoms with Crippen LogP contribution in [0.2, 0.25) is 0 Å². The molecule has 144 valence electrons. The van der Waals surface area contributed by atoms with Gasteiger partial charge in [0, 0.05) is 19.3 Å². The van der Waals surface area contributed by atoms with Gasteiger partial charge in [0.25, 0.3) is 0 Å². The summed E-state index contributed by atoms with van der Waals surface area (Å²) in [6.07, 6.45) is 0.896. The molecule has 0 aromatic heterocycles. The summed E-state index contributed by atoms with van der Waals surface area (Å²) in [5.74, 6) is -0.830. The van der Waals surface area contributed by atoms with Crippen molar-refractivity contribution < 1.29 is 33.6 Å². The second kappa shape index (κ2) is 5.53. The standard InChI is InChI=1S/C19H26O7/c1-10-5-6-18(8-23-11(2)20)13(7-10)26-16-14(22)15(25-12(3)21)17(18,4)19(16)9-24-19/h7,13-16,22H,5-6,8-9H2,1-4H3/t13-,14-,15+,16-,17-,18-,19-/m0/s1. The van der Waals surface area contributed by atoms with Crippen LogP contribution in [0, 0.1) is 10.8 Å². The molecule has 2 saturated heterocycles. The van der Waals surface area contributed by atoms with Gasteiger partial charge in [-0.2, -0.15) is 0 Å². The van der Waals surface area contributed by atoms with E-state index in [9.17, 15) is 14.7 Å². The van der Waals surface area contributed by atoms with Crippen molar-refractivity contribution in [2.24, 2.45) is 10.8 Å². The minimum absolute atomic E-state index is 0.135. The normalized spacial score (nSPS) is 48.6. The minimum atomic E-state index is -0.986. The number of fused-ring (bicyclic) bond motifs is 2. The number of aliphatic hydroxyl groups excluding tert-OH is 1. The lowest BCUT2D eigenvalue weighted by molar-refractivity contribution is -0.233. The topological polar surface area (TPSA) is 94.6 Å². The molecule has 1 N–H and O–H groups in total. The fourth-order valence-corrected chi connectivity index (χ4v) is 5.60. The third-order valence-corrected chi connectivity index (χ3v) is 7.08. The van der Waals surface area contributed by atoms with Gasteiger partial charge in [0.15, 0.2) is 0 Å². The van der Waals surface area contributed by atoms with E-state index in [4.69, 9.17) is 18.9 Å². The maximum atomic E-state index is 11.8. The average molecular weight is 366 g/mol. The van der Waals surface area contributed by atoms with Crippen molar-refractivity contribution in [3.05, 3.63) is 11.6 Å². The molecule has 1 spiro atoms. The van der Waals surface area contributed by atoms with Crippen molar-refractivity contribution in [1.82, 2.24) is 0 Å². The van der Waals surface area contributed by atoms with Gasteiger partial charge >= 0.3 is 11.9 Å². The Balaban J connectivity index is 1.86. The van der Waals surface area contributed by atoms with Crippen molar-refractivity contribution in [1.29, 1.82) is 0 Å². The summed E-state index contributed by atoms with van der Waals surface area (Å²) in [4.78, 5) is 23.4. The zero-order valence-electron chi connectivity index (χ0n) is 15.6. The number of ether oxygens (including phenoxy) is 4. The highest BCUT2D eigenvalue weighted by atomic mass is 16.7. The monoisotopic (exact) mass is 366 g/mol. The zero-order valence-corrected chi connectivity index (χ0v) is 15.6. The van der Waals surface area contributed by atoms with Gasteiger partial charge in [-0.3, -0.25) is 9.59 Å². The van der Waals surface area contributed by atoms with Gasteiger partial charge in [-0.05, 0) is 19.8 Å². The molecule has 0 unspecified atom stereocenters. The van der Waals surface area contributed by atoms with Crippen LogP contribution in [0.25, 0.3) is 0 Å². The molecule has 4 rings (SSSR count). The van der Waals surface area contributed by atoms with E-state index in [1.54, 1.807) is 0 Å². The first kappa shape index (κ1) is 17.9. The molecule has 0 radical (unpaired) electrons. The third kappa shape index (κ3) is 2.05. The van der Waals surface area contributed by atoms with Gasteiger partial charge in [0.2, 0.25) is 0 Å². The van der Waals surface area contributed by atoms with Crippen molar-refractivity contribution in [3.8, 4) is 0 Å². The highest BCUT2D eigenvalue weighted by Crippen LogP contribution is 2.72. The number of rotatable bonds is 3. The molecule has 2 bridgehead atoms. The summed E-state index contributed by atoms with van der Waals surface area (Å²) in [5.41, 5.74) is -0.890. The van der Waals surface area contributed by atoms with E-state index in [0.29, 0.717) is 13.0 Å². The van der Waals surface area contributed by atoms with Gasteiger partial charge in [-0.25, -0.2) is 0 Å². The van der Waals surface area contributed by atoms with E-state index >= 15 is 0 Å². The number of allylic oxidation sites excluding steroid dienone is 1. The SMILES string of the molecule is CC(=O)OC[C@@]12CCC(C)=C[C@@H]1O[C@H]1[C@@H](O)[C@@H](OC(C)=O)[C@]2(C)[C@]12CO2. The molecular weight excluding hydrogens is 340 g/mol. The van der Waals surface area contributed by atoms with Crippen LogP contribution in [-0.2, 0) is 28.5 Å². The number of hydrogen-bond acceptors (Lipinski definition) is 7. The number of carbonyl (C=O) groups is 2. The summed E-state index contributed by atoms with van der Waals surface area (Å²) < 4.78 is 23.3. The third-order valence-electron chi connectivity index (χ3n) is 7.08. The molecule has 3 fully saturated rings. The van der Waals surface area contributed by atoms with Crippen LogP contribution < -0.4 is 0 Å². The number of carbonyl (C=O) groups excluding carboxylic acids is 2. The Labute approximate surface area is 152 Å². The van der Waals surface area contributed by atoms with Crippen LogP contribution in [0.4, 0.5) is 0 Å². The summed E-state index contributed by atoms with van der Waals surface area (Å²) in [7, 11) is 0. The van der Waals surface area contributed by atoms with Crippen LogP contribution in [0.1, 0.15) is 40.5 Å². The van der Waals surface area contributed by atoms with Crippen LogP contribution in [-0.4, -0.2) is 60.3 Å². The van der Waals surface area contributed by atoms with Crippen LogP contribution in [0.15, 0.2) is 11.6 Å². The second-order valence-corrected chi connectivity index (χ2v) is 8.33. The van der Waals surface area contributed by atoms with Crippen molar-refractivity contribution in [2.75, 3.05) is 13.2 Å². The maximum Gasteiger partial charge on any atom is 0.303 e. The molecule has 2 aliphatic carbocycles. The highest BCUT2D eigenvalue weighted by molar-refractivity contribution is 5.67. The summed E-state index contributed by atoms with van der Waals surface area (Å²) in [6.45, 7) is 7.31. The molecule has 0 amide bonds. The van der Waals surface area contributed by atoms with Gasteiger partial charge in [-0.15, -0.1) is 0 Å². The number of aliphatic hydroxyl groups is 1. The van der Waals surface area contributed by atoms with Crippen molar-refractivity contribution in [2.45, 2.75) is 70.6 Å². The molecular formula is C19H26O7. The predicted molar refractivity (Wildman–Crippen MR) is 89.1 cm³/mol. The minimum Gasteiger partial charge on any atom is -0.465 e. The maximum absolute atomic E-state index is 11.8. The number of esters is 2. The first-order chi connectivity index (χ1) is 12.2. The average Bonchev–Trinajstić information content (AvgIpc) is 3.34. The molecule has 7 nitrogen and oxygen atoms in total. The molecule has 1 saturated carbocycles. The van der Waals surface area contributed by atoms with Crippen LogP contribution in [0.3, 0.4) is 0 Å². The molecule has 7 heteroatoms. The zero-order chi connectivity index (χ0) is 18.9. The van der Waals surface area contributed by atoms with Gasteiger partial charge in [0.1, 0.15) is 30.5 Å². The van der Waals surface area contributed by atoms with Gasteiger partial charge in [-0.1, -0.05) is 18.6 Å². The number of epoxide rings is 1. The summed E-state index contributed by atoms with van der Waals surface area (Å²) >= 11 is 0. The van der Waals surface area contributed by atoms with E-state index in [-0.39, 0.29) is 18.7 Å². The Kier molecular flexibility index (Phi) is 3.82. The lowest BCUT2D eigenvalue weighted by Crippen LogP contribution is -2.66. The van der Waals surface area contributed by atoms with E-state index in [1.165, 1.54) is 19.4 Å². The molecule has 7 atom stereocenters. The molecule has 2 heterocycles. The Hall–Kier alpha value is -1.44. The van der Waals surface area contributed by atoms with E-state index < -0.39 is 40.7 Å². The fraction of sp³-hybridized carbons (Fsp3) is 0.789. The molecule has 0 aromatic rings. The van der Waals surface area contributed by atoms with Crippen molar-refractivity contribution >= 4 is 11.9 Å². The molecule has 2 aliphatic heterocycles. The van der Waals surface area contributed by atoms with Gasteiger partial charge < -0.3 is 24.1 Å². The number of hydrogen-bond donors (Lipinski definition) is 1. The lowest BCUT2D eigenvalue weighted by atomic mass is 9.51. The molecule has 26 heavy (non-hydrogen) atoms.